The van der Waals surface area contributed by atoms with Crippen LogP contribution in [0.15, 0.2) is 48.0 Å². The van der Waals surface area contributed by atoms with Crippen molar-refractivity contribution in [3.05, 3.63) is 64.2 Å². The van der Waals surface area contributed by atoms with Crippen molar-refractivity contribution in [2.75, 3.05) is 13.7 Å². The number of carbonyl (C=O) groups excluding carboxylic acids is 3. The summed E-state index contributed by atoms with van der Waals surface area (Å²) in [7, 11) is 1.47. The number of benzene rings is 2. The minimum atomic E-state index is -0.785. The molecule has 0 aliphatic carbocycles. The first-order valence-electron chi connectivity index (χ1n) is 9.69. The van der Waals surface area contributed by atoms with E-state index in [4.69, 9.17) is 21.1 Å². The number of Topliss-reactive ketones (excluding diaryl/α,β-unsaturated/α-hetero) is 1. The topological polar surface area (TPSA) is 93.1 Å². The first kappa shape index (κ1) is 22.4. The van der Waals surface area contributed by atoms with E-state index in [9.17, 15) is 19.5 Å². The highest BCUT2D eigenvalue weighted by atomic mass is 35.5. The Bertz CT molecular complexity index is 1060. The molecule has 2 aromatic carbocycles. The number of aliphatic hydroxyl groups is 1. The molecule has 1 fully saturated rings. The third-order valence-corrected chi connectivity index (χ3v) is 5.18. The second-order valence-corrected chi connectivity index (χ2v) is 7.41. The van der Waals surface area contributed by atoms with Crippen LogP contribution in [0.1, 0.15) is 37.4 Å². The van der Waals surface area contributed by atoms with E-state index in [2.05, 4.69) is 0 Å². The van der Waals surface area contributed by atoms with Crippen LogP contribution < -0.4 is 9.47 Å². The van der Waals surface area contributed by atoms with E-state index in [1.165, 1.54) is 25.0 Å². The van der Waals surface area contributed by atoms with Gasteiger partial charge in [-0.2, -0.15) is 0 Å². The van der Waals surface area contributed by atoms with Gasteiger partial charge in [-0.3, -0.25) is 14.4 Å². The summed E-state index contributed by atoms with van der Waals surface area (Å²) in [4.78, 5) is 38.2. The number of halogens is 1. The standard InChI is InChI=1S/C23H22ClNO6/c1-4-11-25-20(14-5-8-16(9-6-14)31-13(2)26)19(22(28)23(25)29)21(27)15-7-10-18(30-3)17(24)12-15/h5-10,12,20,27H,4,11H2,1-3H3/b21-19-. The maximum absolute atomic E-state index is 12.9. The summed E-state index contributed by atoms with van der Waals surface area (Å²) in [6.07, 6.45) is 0.628. The Morgan fingerprint density at radius 3 is 2.39 bits per heavy atom. The molecule has 1 unspecified atom stereocenters. The normalized spacial score (nSPS) is 17.7. The highest BCUT2D eigenvalue weighted by Gasteiger charge is 2.45. The van der Waals surface area contributed by atoms with Crippen LogP contribution in [0.25, 0.3) is 5.76 Å². The second-order valence-electron chi connectivity index (χ2n) is 7.00. The van der Waals surface area contributed by atoms with Crippen LogP contribution in [-0.4, -0.2) is 41.3 Å². The van der Waals surface area contributed by atoms with Gasteiger partial charge in [-0.05, 0) is 42.3 Å². The van der Waals surface area contributed by atoms with Crippen LogP contribution in [0.3, 0.4) is 0 Å². The SMILES string of the molecule is CCCN1C(=O)C(=O)/C(=C(\O)c2ccc(OC)c(Cl)c2)C1c1ccc(OC(C)=O)cc1. The number of methoxy groups -OCH3 is 1. The molecule has 1 N–H and O–H groups in total. The van der Waals surface area contributed by atoms with Crippen molar-refractivity contribution in [3.63, 3.8) is 0 Å². The van der Waals surface area contributed by atoms with Crippen LogP contribution in [0.4, 0.5) is 0 Å². The van der Waals surface area contributed by atoms with Gasteiger partial charge < -0.3 is 19.5 Å². The lowest BCUT2D eigenvalue weighted by Crippen LogP contribution is -2.30. The van der Waals surface area contributed by atoms with Crippen molar-refractivity contribution in [1.82, 2.24) is 4.90 Å². The van der Waals surface area contributed by atoms with Crippen LogP contribution in [0.2, 0.25) is 5.02 Å². The largest absolute Gasteiger partial charge is 0.507 e. The van der Waals surface area contributed by atoms with Crippen molar-refractivity contribution in [2.24, 2.45) is 0 Å². The minimum absolute atomic E-state index is 0.0279. The predicted molar refractivity (Wildman–Crippen MR) is 115 cm³/mol. The van der Waals surface area contributed by atoms with Gasteiger partial charge in [0.15, 0.2) is 0 Å². The number of esters is 1. The monoisotopic (exact) mass is 443 g/mol. The minimum Gasteiger partial charge on any atom is -0.507 e. The van der Waals surface area contributed by atoms with Gasteiger partial charge in [0.25, 0.3) is 11.7 Å². The van der Waals surface area contributed by atoms with Crippen molar-refractivity contribution in [2.45, 2.75) is 26.3 Å². The summed E-state index contributed by atoms with van der Waals surface area (Å²) in [6, 6.07) is 10.3. The lowest BCUT2D eigenvalue weighted by Gasteiger charge is -2.25. The van der Waals surface area contributed by atoms with E-state index < -0.39 is 23.7 Å². The lowest BCUT2D eigenvalue weighted by atomic mass is 9.95. The number of hydrogen-bond acceptors (Lipinski definition) is 6. The Labute approximate surface area is 184 Å². The zero-order valence-corrected chi connectivity index (χ0v) is 18.1. The number of ether oxygens (including phenoxy) is 2. The molecule has 0 spiro atoms. The number of aliphatic hydroxyl groups excluding tert-OH is 1. The average Bonchev–Trinajstić information content (AvgIpc) is 2.98. The van der Waals surface area contributed by atoms with E-state index in [0.717, 1.165) is 0 Å². The highest BCUT2D eigenvalue weighted by Crippen LogP contribution is 2.40. The van der Waals surface area contributed by atoms with Gasteiger partial charge in [-0.15, -0.1) is 0 Å². The number of carbonyl (C=O) groups is 3. The van der Waals surface area contributed by atoms with Gasteiger partial charge in [-0.25, -0.2) is 0 Å². The molecule has 0 aromatic heterocycles. The molecular formula is C23H22ClNO6. The number of nitrogens with zero attached hydrogens (tertiary/aromatic N) is 1. The molecule has 1 aliphatic rings. The summed E-state index contributed by atoms with van der Waals surface area (Å²) in [5.41, 5.74) is 0.867. The lowest BCUT2D eigenvalue weighted by molar-refractivity contribution is -0.139. The van der Waals surface area contributed by atoms with Gasteiger partial charge in [0.05, 0.1) is 23.7 Å². The van der Waals surface area contributed by atoms with Crippen molar-refractivity contribution < 1.29 is 29.0 Å². The number of ketones is 1. The van der Waals surface area contributed by atoms with E-state index in [1.807, 2.05) is 6.92 Å². The second kappa shape index (κ2) is 9.22. The zero-order chi connectivity index (χ0) is 22.7. The Hall–Kier alpha value is -3.32. The van der Waals surface area contributed by atoms with Crippen LogP contribution in [0.5, 0.6) is 11.5 Å². The van der Waals surface area contributed by atoms with Gasteiger partial charge in [0.1, 0.15) is 17.3 Å². The molecule has 1 atom stereocenters. The van der Waals surface area contributed by atoms with Crippen LogP contribution in [0, 0.1) is 0 Å². The van der Waals surface area contributed by atoms with Gasteiger partial charge in [-0.1, -0.05) is 30.7 Å². The summed E-state index contributed by atoms with van der Waals surface area (Å²) in [5.74, 6) is -1.48. The molecule has 162 valence electrons. The Kier molecular flexibility index (Phi) is 6.65. The summed E-state index contributed by atoms with van der Waals surface area (Å²) in [5, 5.41) is 11.3. The zero-order valence-electron chi connectivity index (χ0n) is 17.3. The Balaban J connectivity index is 2.12. The molecule has 7 nitrogen and oxygen atoms in total. The molecule has 1 heterocycles. The molecule has 1 aliphatic heterocycles. The number of amides is 1. The van der Waals surface area contributed by atoms with Gasteiger partial charge >= 0.3 is 5.97 Å². The third-order valence-electron chi connectivity index (χ3n) is 4.89. The smallest absolute Gasteiger partial charge is 0.308 e. The van der Waals surface area contributed by atoms with E-state index in [1.54, 1.807) is 36.4 Å². The van der Waals surface area contributed by atoms with Crippen molar-refractivity contribution >= 4 is 35.0 Å². The molecule has 31 heavy (non-hydrogen) atoms. The van der Waals surface area contributed by atoms with Crippen molar-refractivity contribution in [3.8, 4) is 11.5 Å². The first-order valence-corrected chi connectivity index (χ1v) is 10.1. The fourth-order valence-corrected chi connectivity index (χ4v) is 3.81. The summed E-state index contributed by atoms with van der Waals surface area (Å²) < 4.78 is 10.2. The third kappa shape index (κ3) is 4.41. The molecule has 8 heteroatoms. The fraction of sp³-hybridized carbons (Fsp3) is 0.261. The first-order chi connectivity index (χ1) is 14.8. The molecule has 1 amide bonds. The summed E-state index contributed by atoms with van der Waals surface area (Å²) >= 11 is 6.17. The molecular weight excluding hydrogens is 422 g/mol. The number of rotatable bonds is 6. The van der Waals surface area contributed by atoms with Crippen molar-refractivity contribution in [1.29, 1.82) is 0 Å². The average molecular weight is 444 g/mol. The maximum atomic E-state index is 12.9. The number of hydrogen-bond donors (Lipinski definition) is 1. The van der Waals surface area contributed by atoms with Crippen LogP contribution in [-0.2, 0) is 14.4 Å². The quantitative estimate of drug-likeness (QED) is 0.237. The van der Waals surface area contributed by atoms with Gasteiger partial charge in [0, 0.05) is 19.0 Å². The summed E-state index contributed by atoms with van der Waals surface area (Å²) in [6.45, 7) is 3.52. The van der Waals surface area contributed by atoms with E-state index in [-0.39, 0.29) is 16.4 Å². The molecule has 3 rings (SSSR count). The Morgan fingerprint density at radius 2 is 1.84 bits per heavy atom. The molecule has 2 aromatic rings. The molecule has 0 radical (unpaired) electrons. The number of likely N-dealkylation sites (tertiary alicyclic amines) is 1. The molecule has 1 saturated heterocycles. The molecule has 0 bridgehead atoms. The Morgan fingerprint density at radius 1 is 1.16 bits per heavy atom. The van der Waals surface area contributed by atoms with E-state index >= 15 is 0 Å². The highest BCUT2D eigenvalue weighted by molar-refractivity contribution is 6.46. The van der Waals surface area contributed by atoms with Crippen LogP contribution >= 0.6 is 11.6 Å². The molecule has 0 saturated carbocycles. The fourth-order valence-electron chi connectivity index (χ4n) is 3.55. The van der Waals surface area contributed by atoms with E-state index in [0.29, 0.717) is 35.6 Å². The predicted octanol–water partition coefficient (Wildman–Crippen LogP) is 4.11. The van der Waals surface area contributed by atoms with Gasteiger partial charge in [0.2, 0.25) is 0 Å². The maximum Gasteiger partial charge on any atom is 0.308 e.